The van der Waals surface area contributed by atoms with Crippen LogP contribution >= 0.6 is 0 Å². The lowest BCUT2D eigenvalue weighted by molar-refractivity contribution is -0.140. The van der Waals surface area contributed by atoms with Crippen molar-refractivity contribution in [1.82, 2.24) is 0 Å². The number of hydrogen-bond donors (Lipinski definition) is 0. The molecule has 0 aromatic carbocycles. The zero-order chi connectivity index (χ0) is 13.5. The van der Waals surface area contributed by atoms with E-state index in [4.69, 9.17) is 18.9 Å². The maximum absolute atomic E-state index is 5.47. The van der Waals surface area contributed by atoms with Gasteiger partial charge < -0.3 is 18.9 Å². The lowest BCUT2D eigenvalue weighted by atomic mass is 10.2. The predicted octanol–water partition coefficient (Wildman–Crippen LogP) is 3.47. The van der Waals surface area contributed by atoms with Gasteiger partial charge in [-0.3, -0.25) is 0 Å². The molecule has 0 bridgehead atoms. The Labute approximate surface area is 111 Å². The molecule has 0 fully saturated rings. The van der Waals surface area contributed by atoms with Crippen molar-refractivity contribution in [3.63, 3.8) is 0 Å². The van der Waals surface area contributed by atoms with Gasteiger partial charge in [-0.05, 0) is 52.5 Å². The molecule has 0 spiro atoms. The van der Waals surface area contributed by atoms with Crippen LogP contribution in [0.25, 0.3) is 0 Å². The highest BCUT2D eigenvalue weighted by Gasteiger charge is 2.06. The SMILES string of the molecule is CCOCOC=CCCCCC(OCC)OCC. The van der Waals surface area contributed by atoms with Gasteiger partial charge in [0.2, 0.25) is 0 Å². The van der Waals surface area contributed by atoms with Gasteiger partial charge in [0.15, 0.2) is 13.1 Å². The van der Waals surface area contributed by atoms with Gasteiger partial charge >= 0.3 is 0 Å². The van der Waals surface area contributed by atoms with E-state index >= 15 is 0 Å². The Morgan fingerprint density at radius 1 is 0.944 bits per heavy atom. The molecular weight excluding hydrogens is 232 g/mol. The average Bonchev–Trinajstić information content (AvgIpc) is 2.37. The topological polar surface area (TPSA) is 36.9 Å². The van der Waals surface area contributed by atoms with Gasteiger partial charge in [0.25, 0.3) is 0 Å². The number of rotatable bonds is 13. The highest BCUT2D eigenvalue weighted by Crippen LogP contribution is 2.08. The summed E-state index contributed by atoms with van der Waals surface area (Å²) in [5.41, 5.74) is 0. The minimum absolute atomic E-state index is 0.0433. The number of allylic oxidation sites excluding steroid dienone is 1. The highest BCUT2D eigenvalue weighted by atomic mass is 16.7. The molecule has 108 valence electrons. The van der Waals surface area contributed by atoms with Crippen LogP contribution in [-0.2, 0) is 18.9 Å². The Bertz CT molecular complexity index is 177. The molecule has 0 aliphatic carbocycles. The third kappa shape index (κ3) is 11.9. The van der Waals surface area contributed by atoms with Crippen molar-refractivity contribution in [3.05, 3.63) is 12.3 Å². The summed E-state index contributed by atoms with van der Waals surface area (Å²) in [5.74, 6) is 0. The summed E-state index contributed by atoms with van der Waals surface area (Å²) in [7, 11) is 0. The molecule has 18 heavy (non-hydrogen) atoms. The lowest BCUT2D eigenvalue weighted by Gasteiger charge is -2.16. The predicted molar refractivity (Wildman–Crippen MR) is 72.2 cm³/mol. The molecule has 0 aliphatic rings. The molecule has 4 nitrogen and oxygen atoms in total. The van der Waals surface area contributed by atoms with Crippen LogP contribution in [0.15, 0.2) is 12.3 Å². The summed E-state index contributed by atoms with van der Waals surface area (Å²) in [6.07, 6.45) is 7.87. The van der Waals surface area contributed by atoms with Crippen molar-refractivity contribution in [2.24, 2.45) is 0 Å². The number of unbranched alkanes of at least 4 members (excludes halogenated alkanes) is 2. The summed E-state index contributed by atoms with van der Waals surface area (Å²) < 4.78 is 21.1. The molecule has 0 amide bonds. The van der Waals surface area contributed by atoms with Gasteiger partial charge in [0.1, 0.15) is 0 Å². The van der Waals surface area contributed by atoms with Crippen molar-refractivity contribution in [2.45, 2.75) is 52.7 Å². The maximum atomic E-state index is 5.47. The average molecular weight is 260 g/mol. The maximum Gasteiger partial charge on any atom is 0.188 e. The van der Waals surface area contributed by atoms with Gasteiger partial charge in [0, 0.05) is 19.8 Å². The van der Waals surface area contributed by atoms with Crippen molar-refractivity contribution < 1.29 is 18.9 Å². The van der Waals surface area contributed by atoms with Crippen molar-refractivity contribution in [3.8, 4) is 0 Å². The number of ether oxygens (including phenoxy) is 4. The zero-order valence-electron chi connectivity index (χ0n) is 12.0. The lowest BCUT2D eigenvalue weighted by Crippen LogP contribution is -2.17. The first-order chi connectivity index (χ1) is 8.85. The fourth-order valence-electron chi connectivity index (χ4n) is 1.47. The van der Waals surface area contributed by atoms with E-state index in [9.17, 15) is 0 Å². The van der Waals surface area contributed by atoms with Crippen LogP contribution in [0.5, 0.6) is 0 Å². The molecule has 0 N–H and O–H groups in total. The molecule has 0 aromatic rings. The van der Waals surface area contributed by atoms with Crippen molar-refractivity contribution in [2.75, 3.05) is 26.6 Å². The van der Waals surface area contributed by atoms with Gasteiger partial charge in [0.05, 0.1) is 6.26 Å². The molecule has 0 heterocycles. The van der Waals surface area contributed by atoms with E-state index in [1.54, 1.807) is 6.26 Å². The Morgan fingerprint density at radius 2 is 1.67 bits per heavy atom. The van der Waals surface area contributed by atoms with E-state index in [2.05, 4.69) is 0 Å². The zero-order valence-corrected chi connectivity index (χ0v) is 12.0. The van der Waals surface area contributed by atoms with Gasteiger partial charge in [-0.25, -0.2) is 0 Å². The third-order valence-corrected chi connectivity index (χ3v) is 2.31. The Morgan fingerprint density at radius 3 is 2.28 bits per heavy atom. The molecule has 0 saturated carbocycles. The molecule has 4 heteroatoms. The van der Waals surface area contributed by atoms with E-state index < -0.39 is 0 Å². The minimum atomic E-state index is -0.0433. The Balaban J connectivity index is 3.36. The third-order valence-electron chi connectivity index (χ3n) is 2.31. The van der Waals surface area contributed by atoms with Crippen LogP contribution in [0.3, 0.4) is 0 Å². The second-order valence-electron chi connectivity index (χ2n) is 3.77. The van der Waals surface area contributed by atoms with Gasteiger partial charge in [-0.2, -0.15) is 0 Å². The summed E-state index contributed by atoms with van der Waals surface area (Å²) in [6, 6.07) is 0. The molecule has 0 radical (unpaired) electrons. The summed E-state index contributed by atoms with van der Waals surface area (Å²) in [4.78, 5) is 0. The normalized spacial score (nSPS) is 11.6. The van der Waals surface area contributed by atoms with E-state index in [1.165, 1.54) is 0 Å². The molecule has 0 rings (SSSR count). The first kappa shape index (κ1) is 17.4. The largest absolute Gasteiger partial charge is 0.475 e. The van der Waals surface area contributed by atoms with Crippen molar-refractivity contribution >= 4 is 0 Å². The van der Waals surface area contributed by atoms with E-state index in [1.807, 2.05) is 26.8 Å². The molecule has 0 unspecified atom stereocenters. The van der Waals surface area contributed by atoms with Gasteiger partial charge in [-0.15, -0.1) is 0 Å². The second kappa shape index (κ2) is 14.5. The monoisotopic (exact) mass is 260 g/mol. The van der Waals surface area contributed by atoms with E-state index in [0.29, 0.717) is 26.6 Å². The quantitative estimate of drug-likeness (QED) is 0.289. The smallest absolute Gasteiger partial charge is 0.188 e. The summed E-state index contributed by atoms with van der Waals surface area (Å²) >= 11 is 0. The van der Waals surface area contributed by atoms with Crippen LogP contribution in [0, 0.1) is 0 Å². The van der Waals surface area contributed by atoms with Crippen LogP contribution in [-0.4, -0.2) is 32.9 Å². The first-order valence-electron chi connectivity index (χ1n) is 6.92. The summed E-state index contributed by atoms with van der Waals surface area (Å²) in [5, 5.41) is 0. The standard InChI is InChI=1S/C14H28O4/c1-4-15-13-16-12-10-8-7-9-11-14(17-5-2)18-6-3/h10,12,14H,4-9,11,13H2,1-3H3. The Kier molecular flexibility index (Phi) is 14.0. The van der Waals surface area contributed by atoms with Crippen LogP contribution in [0.1, 0.15) is 46.5 Å². The highest BCUT2D eigenvalue weighted by molar-refractivity contribution is 4.72. The van der Waals surface area contributed by atoms with Crippen molar-refractivity contribution in [1.29, 1.82) is 0 Å². The number of hydrogen-bond acceptors (Lipinski definition) is 4. The molecule has 0 aliphatic heterocycles. The summed E-state index contributed by atoms with van der Waals surface area (Å²) in [6.45, 7) is 8.36. The molecule has 0 saturated heterocycles. The van der Waals surface area contributed by atoms with Crippen LogP contribution < -0.4 is 0 Å². The molecule has 0 atom stereocenters. The molecule has 0 aromatic heterocycles. The van der Waals surface area contributed by atoms with E-state index in [0.717, 1.165) is 25.7 Å². The van der Waals surface area contributed by atoms with Crippen LogP contribution in [0.2, 0.25) is 0 Å². The van der Waals surface area contributed by atoms with E-state index in [-0.39, 0.29) is 6.29 Å². The first-order valence-corrected chi connectivity index (χ1v) is 6.92. The minimum Gasteiger partial charge on any atom is -0.475 e. The molecular formula is C14H28O4. The van der Waals surface area contributed by atoms with Gasteiger partial charge in [-0.1, -0.05) is 0 Å². The Hall–Kier alpha value is -0.580. The fraction of sp³-hybridized carbons (Fsp3) is 0.857. The second-order valence-corrected chi connectivity index (χ2v) is 3.77. The van der Waals surface area contributed by atoms with Crippen LogP contribution in [0.4, 0.5) is 0 Å². The fourth-order valence-corrected chi connectivity index (χ4v) is 1.47.